The molecule has 0 aromatic carbocycles. The predicted octanol–water partition coefficient (Wildman–Crippen LogP) is 4.01. The zero-order valence-electron chi connectivity index (χ0n) is 18.5. The number of hydrogen-bond donors (Lipinski definition) is 0. The lowest BCUT2D eigenvalue weighted by Gasteiger charge is -2.62. The quantitative estimate of drug-likeness (QED) is 0.459. The minimum Gasteiger partial charge on any atom is -0.340 e. The summed E-state index contributed by atoms with van der Waals surface area (Å²) >= 11 is 6.30. The van der Waals surface area contributed by atoms with Crippen LogP contribution in [-0.2, 0) is 23.4 Å². The summed E-state index contributed by atoms with van der Waals surface area (Å²) in [5.74, 6) is 1.22. The van der Waals surface area contributed by atoms with Gasteiger partial charge in [-0.25, -0.2) is 0 Å². The molecule has 4 bridgehead atoms. The lowest BCUT2D eigenvalue weighted by molar-refractivity contribution is -0.385. The van der Waals surface area contributed by atoms with E-state index in [4.69, 9.17) is 11.6 Å². The number of amides is 1. The van der Waals surface area contributed by atoms with E-state index in [0.717, 1.165) is 37.8 Å². The Balaban J connectivity index is 1.36. The molecule has 4 aliphatic carbocycles. The standard InChI is InChI=1S/C22H29ClN6O3/c1-3-27-19(18(23)11-24-27)13-26(2)20(30)9-21-5-15-4-16(6-21)8-22(7-15,14-21)28-12-17(10-25-28)29(31)32/h10-12,15-16H,3-9,13-14H2,1-2H3. The SMILES string of the molecule is CCn1ncc(Cl)c1CN(C)C(=O)CC12CC3CC(C1)CC(n1cc([N+](=O)[O-])cn1)(C3)C2. The molecule has 2 unspecified atom stereocenters. The molecular formula is C22H29ClN6O3. The van der Waals surface area contributed by atoms with Crippen molar-refractivity contribution in [3.05, 3.63) is 39.4 Å². The van der Waals surface area contributed by atoms with Crippen LogP contribution in [-0.4, -0.2) is 42.3 Å². The maximum absolute atomic E-state index is 13.3. The summed E-state index contributed by atoms with van der Waals surface area (Å²) in [6.07, 6.45) is 11.2. The maximum atomic E-state index is 13.3. The van der Waals surface area contributed by atoms with Gasteiger partial charge in [-0.1, -0.05) is 11.6 Å². The van der Waals surface area contributed by atoms with Crippen LogP contribution in [0.15, 0.2) is 18.6 Å². The fraction of sp³-hybridized carbons (Fsp3) is 0.682. The van der Waals surface area contributed by atoms with Crippen molar-refractivity contribution >= 4 is 23.2 Å². The first-order valence-corrected chi connectivity index (χ1v) is 11.7. The number of nitro groups is 1. The summed E-state index contributed by atoms with van der Waals surface area (Å²) < 4.78 is 3.68. The second-order valence-corrected chi connectivity index (χ2v) is 10.7. The van der Waals surface area contributed by atoms with Gasteiger partial charge in [0.2, 0.25) is 5.91 Å². The maximum Gasteiger partial charge on any atom is 0.307 e. The lowest BCUT2D eigenvalue weighted by atomic mass is 9.46. The summed E-state index contributed by atoms with van der Waals surface area (Å²) in [6.45, 7) is 3.14. The van der Waals surface area contributed by atoms with Crippen LogP contribution >= 0.6 is 11.6 Å². The largest absolute Gasteiger partial charge is 0.340 e. The zero-order valence-corrected chi connectivity index (χ0v) is 19.3. The minimum atomic E-state index is -0.385. The molecule has 0 saturated heterocycles. The monoisotopic (exact) mass is 460 g/mol. The fourth-order valence-electron chi connectivity index (χ4n) is 7.13. The van der Waals surface area contributed by atoms with Crippen LogP contribution in [0.3, 0.4) is 0 Å². The molecule has 0 aliphatic heterocycles. The summed E-state index contributed by atoms with van der Waals surface area (Å²) in [5.41, 5.74) is 0.623. The third kappa shape index (κ3) is 3.50. The molecule has 2 aromatic rings. The van der Waals surface area contributed by atoms with Crippen LogP contribution in [0.25, 0.3) is 0 Å². The van der Waals surface area contributed by atoms with Gasteiger partial charge in [0.25, 0.3) is 0 Å². The minimum absolute atomic E-state index is 0.0371. The fourth-order valence-corrected chi connectivity index (χ4v) is 7.33. The summed E-state index contributed by atoms with van der Waals surface area (Å²) in [6, 6.07) is 0. The van der Waals surface area contributed by atoms with Gasteiger partial charge < -0.3 is 4.90 Å². The summed E-state index contributed by atoms with van der Waals surface area (Å²) in [7, 11) is 1.83. The molecule has 1 amide bonds. The molecule has 0 radical (unpaired) electrons. The van der Waals surface area contributed by atoms with Gasteiger partial charge in [-0.2, -0.15) is 10.2 Å². The highest BCUT2D eigenvalue weighted by Crippen LogP contribution is 2.65. The highest BCUT2D eigenvalue weighted by molar-refractivity contribution is 6.31. The van der Waals surface area contributed by atoms with Crippen molar-refractivity contribution in [2.45, 2.75) is 70.5 Å². The number of aryl methyl sites for hydroxylation is 1. The van der Waals surface area contributed by atoms with Gasteiger partial charge in [-0.3, -0.25) is 24.3 Å². The predicted molar refractivity (Wildman–Crippen MR) is 118 cm³/mol. The van der Waals surface area contributed by atoms with Crippen LogP contribution < -0.4 is 0 Å². The van der Waals surface area contributed by atoms with Gasteiger partial charge in [-0.05, 0) is 62.7 Å². The van der Waals surface area contributed by atoms with Crippen LogP contribution in [0.5, 0.6) is 0 Å². The first kappa shape index (κ1) is 21.4. The molecule has 2 atom stereocenters. The van der Waals surface area contributed by atoms with Crippen molar-refractivity contribution in [1.82, 2.24) is 24.5 Å². The van der Waals surface area contributed by atoms with Crippen molar-refractivity contribution in [1.29, 1.82) is 0 Å². The van der Waals surface area contributed by atoms with Crippen LogP contribution in [0.1, 0.15) is 57.6 Å². The third-order valence-corrected chi connectivity index (χ3v) is 8.27. The molecule has 6 rings (SSSR count). The van der Waals surface area contributed by atoms with Gasteiger partial charge in [0.15, 0.2) is 0 Å². The first-order valence-electron chi connectivity index (χ1n) is 11.4. The summed E-state index contributed by atoms with van der Waals surface area (Å²) in [4.78, 5) is 25.9. The van der Waals surface area contributed by atoms with E-state index in [-0.39, 0.29) is 27.5 Å². The Bertz CT molecular complexity index is 1050. The normalized spacial score (nSPS) is 30.6. The molecule has 4 aliphatic rings. The number of halogens is 1. The smallest absolute Gasteiger partial charge is 0.307 e. The van der Waals surface area contributed by atoms with Crippen molar-refractivity contribution in [3.63, 3.8) is 0 Å². The summed E-state index contributed by atoms with van der Waals surface area (Å²) in [5, 5.41) is 20.5. The number of hydrogen-bond acceptors (Lipinski definition) is 5. The molecule has 4 fully saturated rings. The number of rotatable bonds is 7. The van der Waals surface area contributed by atoms with Crippen LogP contribution in [0.4, 0.5) is 5.69 Å². The van der Waals surface area contributed by atoms with Gasteiger partial charge in [0.05, 0.1) is 33.9 Å². The molecular weight excluding hydrogens is 432 g/mol. The van der Waals surface area contributed by atoms with Crippen molar-refractivity contribution in [2.24, 2.45) is 17.3 Å². The topological polar surface area (TPSA) is 99.1 Å². The Kier molecular flexibility index (Phi) is 5.07. The number of nitrogens with zero attached hydrogens (tertiary/aromatic N) is 6. The van der Waals surface area contributed by atoms with E-state index in [1.165, 1.54) is 12.6 Å². The molecule has 172 valence electrons. The Morgan fingerprint density at radius 2 is 2.00 bits per heavy atom. The Labute approximate surface area is 191 Å². The number of carbonyl (C=O) groups is 1. The van der Waals surface area contributed by atoms with E-state index in [2.05, 4.69) is 10.2 Å². The number of carbonyl (C=O) groups excluding carboxylic acids is 1. The molecule has 9 nitrogen and oxygen atoms in total. The van der Waals surface area contributed by atoms with E-state index in [0.29, 0.717) is 36.4 Å². The van der Waals surface area contributed by atoms with Gasteiger partial charge in [0, 0.05) is 20.0 Å². The Morgan fingerprint density at radius 1 is 1.28 bits per heavy atom. The van der Waals surface area contributed by atoms with Crippen LogP contribution in [0.2, 0.25) is 5.02 Å². The molecule has 2 aromatic heterocycles. The van der Waals surface area contributed by atoms with Crippen molar-refractivity contribution in [2.75, 3.05) is 7.05 Å². The van der Waals surface area contributed by atoms with Gasteiger partial charge >= 0.3 is 5.69 Å². The van der Waals surface area contributed by atoms with Gasteiger partial charge in [-0.15, -0.1) is 0 Å². The second kappa shape index (κ2) is 7.57. The van der Waals surface area contributed by atoms with Crippen molar-refractivity contribution in [3.8, 4) is 0 Å². The average Bonchev–Trinajstić information content (AvgIpc) is 3.35. The number of aromatic nitrogens is 4. The third-order valence-electron chi connectivity index (χ3n) is 7.95. The van der Waals surface area contributed by atoms with E-state index in [9.17, 15) is 14.9 Å². The molecule has 0 N–H and O–H groups in total. The van der Waals surface area contributed by atoms with E-state index < -0.39 is 0 Å². The van der Waals surface area contributed by atoms with E-state index >= 15 is 0 Å². The average molecular weight is 461 g/mol. The Hall–Kier alpha value is -2.42. The van der Waals surface area contributed by atoms with Crippen molar-refractivity contribution < 1.29 is 9.72 Å². The first-order chi connectivity index (χ1) is 15.2. The second-order valence-electron chi connectivity index (χ2n) is 10.3. The Morgan fingerprint density at radius 3 is 2.62 bits per heavy atom. The highest BCUT2D eigenvalue weighted by atomic mass is 35.5. The van der Waals surface area contributed by atoms with Gasteiger partial charge in [0.1, 0.15) is 12.4 Å². The highest BCUT2D eigenvalue weighted by Gasteiger charge is 2.59. The van der Waals surface area contributed by atoms with E-state index in [1.54, 1.807) is 17.3 Å². The van der Waals surface area contributed by atoms with E-state index in [1.807, 2.05) is 23.3 Å². The molecule has 32 heavy (non-hydrogen) atoms. The van der Waals surface area contributed by atoms with Crippen LogP contribution in [0, 0.1) is 27.4 Å². The molecule has 4 saturated carbocycles. The zero-order chi connectivity index (χ0) is 22.7. The molecule has 10 heteroatoms. The lowest BCUT2D eigenvalue weighted by Crippen LogP contribution is -2.57. The molecule has 0 spiro atoms. The molecule has 2 heterocycles.